The minimum absolute atomic E-state index is 0.000956. The molecule has 15 heavy (non-hydrogen) atoms. The van der Waals surface area contributed by atoms with E-state index in [9.17, 15) is 15.0 Å². The third kappa shape index (κ3) is 3.42. The lowest BCUT2D eigenvalue weighted by Gasteiger charge is -2.38. The number of hydrogen-bond donors (Lipinski definition) is 4. The van der Waals surface area contributed by atoms with Crippen LogP contribution in [-0.4, -0.2) is 69.7 Å². The van der Waals surface area contributed by atoms with Gasteiger partial charge in [-0.05, 0) is 0 Å². The fourth-order valence-corrected chi connectivity index (χ4v) is 1.80. The summed E-state index contributed by atoms with van der Waals surface area (Å²) in [5.74, 6) is -1.29. The van der Waals surface area contributed by atoms with Crippen LogP contribution in [0.5, 0.6) is 0 Å². The van der Waals surface area contributed by atoms with Gasteiger partial charge in [0.1, 0.15) is 0 Å². The van der Waals surface area contributed by atoms with E-state index in [1.165, 1.54) is 0 Å². The Bertz CT molecular complexity index is 223. The number of aliphatic carboxylic acids is 1. The van der Waals surface area contributed by atoms with Crippen LogP contribution in [-0.2, 0) is 4.79 Å². The Kier molecular flexibility index (Phi) is 4.46. The van der Waals surface area contributed by atoms with E-state index in [1.54, 1.807) is 4.90 Å². The highest BCUT2D eigenvalue weighted by atomic mass is 16.4. The Morgan fingerprint density at radius 3 is 2.53 bits per heavy atom. The third-order valence-electron chi connectivity index (χ3n) is 2.69. The number of carbonyl (C=O) groups is 1. The molecule has 0 bridgehead atoms. The van der Waals surface area contributed by atoms with Gasteiger partial charge in [-0.3, -0.25) is 9.69 Å². The first-order chi connectivity index (χ1) is 7.04. The van der Waals surface area contributed by atoms with Crippen molar-refractivity contribution in [3.63, 3.8) is 0 Å². The molecule has 0 aromatic rings. The Labute approximate surface area is 87.8 Å². The molecule has 0 unspecified atom stereocenters. The lowest BCUT2D eigenvalue weighted by atomic mass is 9.93. The molecule has 1 aliphatic heterocycles. The zero-order chi connectivity index (χ0) is 11.4. The highest BCUT2D eigenvalue weighted by Crippen LogP contribution is 2.17. The maximum Gasteiger partial charge on any atom is 0.304 e. The molecule has 0 aromatic carbocycles. The van der Waals surface area contributed by atoms with E-state index in [4.69, 9.17) is 10.2 Å². The second-order valence-electron chi connectivity index (χ2n) is 3.90. The van der Waals surface area contributed by atoms with Crippen molar-refractivity contribution in [2.45, 2.75) is 18.6 Å². The van der Waals surface area contributed by atoms with Gasteiger partial charge in [0, 0.05) is 32.2 Å². The summed E-state index contributed by atoms with van der Waals surface area (Å²) >= 11 is 0. The average molecular weight is 219 g/mol. The summed E-state index contributed by atoms with van der Waals surface area (Å²) in [4.78, 5) is 12.1. The lowest BCUT2D eigenvalue weighted by Crippen LogP contribution is -2.53. The Balaban J connectivity index is 2.44. The summed E-state index contributed by atoms with van der Waals surface area (Å²) in [7, 11) is 0. The van der Waals surface area contributed by atoms with Crippen LogP contribution in [0.25, 0.3) is 0 Å². The number of aliphatic hydroxyl groups is 3. The van der Waals surface area contributed by atoms with Crippen molar-refractivity contribution >= 4 is 5.97 Å². The van der Waals surface area contributed by atoms with Gasteiger partial charge < -0.3 is 20.4 Å². The van der Waals surface area contributed by atoms with Crippen molar-refractivity contribution in [2.75, 3.05) is 26.2 Å². The van der Waals surface area contributed by atoms with E-state index in [-0.39, 0.29) is 19.6 Å². The highest BCUT2D eigenvalue weighted by molar-refractivity contribution is 5.66. The minimum atomic E-state index is -0.920. The maximum absolute atomic E-state index is 10.4. The van der Waals surface area contributed by atoms with E-state index in [2.05, 4.69) is 0 Å². The largest absolute Gasteiger partial charge is 0.481 e. The number of likely N-dealkylation sites (tertiary alicyclic amines) is 1. The second-order valence-corrected chi connectivity index (χ2v) is 3.90. The summed E-state index contributed by atoms with van der Waals surface area (Å²) in [6, 6.07) is 0. The lowest BCUT2D eigenvalue weighted by molar-refractivity contribution is -0.138. The smallest absolute Gasteiger partial charge is 0.304 e. The van der Waals surface area contributed by atoms with Crippen LogP contribution < -0.4 is 0 Å². The molecule has 6 nitrogen and oxygen atoms in total. The summed E-state index contributed by atoms with van der Waals surface area (Å²) in [6.07, 6.45) is -1.83. The van der Waals surface area contributed by atoms with Crippen molar-refractivity contribution in [3.05, 3.63) is 0 Å². The van der Waals surface area contributed by atoms with E-state index in [0.29, 0.717) is 13.1 Å². The van der Waals surface area contributed by atoms with Crippen LogP contribution in [0.3, 0.4) is 0 Å². The Hall–Kier alpha value is -0.690. The molecular weight excluding hydrogens is 202 g/mol. The second kappa shape index (κ2) is 5.41. The monoisotopic (exact) mass is 219 g/mol. The molecule has 1 saturated heterocycles. The zero-order valence-corrected chi connectivity index (χ0v) is 8.41. The summed E-state index contributed by atoms with van der Waals surface area (Å²) in [6.45, 7) is 0.796. The first kappa shape index (κ1) is 12.4. The van der Waals surface area contributed by atoms with E-state index < -0.39 is 24.1 Å². The highest BCUT2D eigenvalue weighted by Gasteiger charge is 2.33. The average Bonchev–Trinajstić information content (AvgIpc) is 2.19. The van der Waals surface area contributed by atoms with Crippen molar-refractivity contribution < 1.29 is 25.2 Å². The first-order valence-electron chi connectivity index (χ1n) is 4.95. The van der Waals surface area contributed by atoms with Crippen LogP contribution in [0, 0.1) is 5.92 Å². The SMILES string of the molecule is O=C(O)CCN1C[C@@H](CO)[C@H](O)[C@@H](O)C1. The number of hydrogen-bond acceptors (Lipinski definition) is 5. The van der Waals surface area contributed by atoms with E-state index in [0.717, 1.165) is 0 Å². The van der Waals surface area contributed by atoms with Gasteiger partial charge in [0.15, 0.2) is 0 Å². The van der Waals surface area contributed by atoms with Gasteiger partial charge >= 0.3 is 5.97 Å². The summed E-state index contributed by atoms with van der Waals surface area (Å²) in [5.41, 5.74) is 0. The van der Waals surface area contributed by atoms with Gasteiger partial charge in [-0.2, -0.15) is 0 Å². The predicted molar refractivity (Wildman–Crippen MR) is 51.3 cm³/mol. The molecule has 1 rings (SSSR count). The van der Waals surface area contributed by atoms with Crippen LogP contribution in [0.15, 0.2) is 0 Å². The number of piperidine rings is 1. The van der Waals surface area contributed by atoms with Gasteiger partial charge in [-0.15, -0.1) is 0 Å². The van der Waals surface area contributed by atoms with E-state index >= 15 is 0 Å². The molecular formula is C9H17NO5. The van der Waals surface area contributed by atoms with Crippen molar-refractivity contribution in [1.29, 1.82) is 0 Å². The standard InChI is InChI=1S/C9H17NO5/c11-5-6-3-10(2-1-8(13)14)4-7(12)9(6)15/h6-7,9,11-12,15H,1-5H2,(H,13,14)/t6-,7-,9-/m0/s1. The number of nitrogens with zero attached hydrogens (tertiary/aromatic N) is 1. The van der Waals surface area contributed by atoms with Gasteiger partial charge in [0.05, 0.1) is 18.6 Å². The fraction of sp³-hybridized carbons (Fsp3) is 0.889. The number of rotatable bonds is 4. The van der Waals surface area contributed by atoms with Crippen molar-refractivity contribution in [2.24, 2.45) is 5.92 Å². The molecule has 4 N–H and O–H groups in total. The number of carboxylic acid groups (broad SMARTS) is 1. The fourth-order valence-electron chi connectivity index (χ4n) is 1.80. The molecule has 1 fully saturated rings. The molecule has 1 aliphatic rings. The molecule has 6 heteroatoms. The molecule has 88 valence electrons. The zero-order valence-electron chi connectivity index (χ0n) is 8.41. The van der Waals surface area contributed by atoms with Gasteiger partial charge in [0.2, 0.25) is 0 Å². The van der Waals surface area contributed by atoms with Crippen molar-refractivity contribution in [3.8, 4) is 0 Å². The molecule has 0 amide bonds. The molecule has 0 saturated carbocycles. The third-order valence-corrected chi connectivity index (χ3v) is 2.69. The van der Waals surface area contributed by atoms with Gasteiger partial charge in [-0.1, -0.05) is 0 Å². The molecule has 0 radical (unpaired) electrons. The van der Waals surface area contributed by atoms with Crippen LogP contribution in [0.2, 0.25) is 0 Å². The normalized spacial score (nSPS) is 32.9. The molecule has 1 heterocycles. The van der Waals surface area contributed by atoms with Crippen LogP contribution >= 0.6 is 0 Å². The molecule has 3 atom stereocenters. The Morgan fingerprint density at radius 2 is 2.00 bits per heavy atom. The van der Waals surface area contributed by atoms with Gasteiger partial charge in [0.25, 0.3) is 0 Å². The van der Waals surface area contributed by atoms with Crippen LogP contribution in [0.4, 0.5) is 0 Å². The maximum atomic E-state index is 10.4. The summed E-state index contributed by atoms with van der Waals surface area (Å²) < 4.78 is 0. The first-order valence-corrected chi connectivity index (χ1v) is 4.95. The number of β-amino-alcohol motifs (C(OH)–C–C–N with tert-alkyl or cyclic N) is 1. The summed E-state index contributed by atoms with van der Waals surface area (Å²) in [5, 5.41) is 36.4. The molecule has 0 aliphatic carbocycles. The molecule has 0 aromatic heterocycles. The minimum Gasteiger partial charge on any atom is -0.481 e. The molecule has 0 spiro atoms. The van der Waals surface area contributed by atoms with Gasteiger partial charge in [-0.25, -0.2) is 0 Å². The topological polar surface area (TPSA) is 101 Å². The Morgan fingerprint density at radius 1 is 1.33 bits per heavy atom. The van der Waals surface area contributed by atoms with E-state index in [1.807, 2.05) is 0 Å². The van der Waals surface area contributed by atoms with Crippen molar-refractivity contribution in [1.82, 2.24) is 4.90 Å². The quantitative estimate of drug-likeness (QED) is 0.441. The van der Waals surface area contributed by atoms with Crippen LogP contribution in [0.1, 0.15) is 6.42 Å². The predicted octanol–water partition coefficient (Wildman–Crippen LogP) is -1.89. The number of carboxylic acids is 1. The number of aliphatic hydroxyl groups excluding tert-OH is 3.